The molecule has 0 bridgehead atoms. The molecule has 1 N–H and O–H groups in total. The summed E-state index contributed by atoms with van der Waals surface area (Å²) < 4.78 is 2.32. The molecule has 2 heterocycles. The number of nitrogens with one attached hydrogen (secondary N) is 1. The molecule has 0 aliphatic heterocycles. The third kappa shape index (κ3) is 2.08. The number of hydrogen-bond donors (Lipinski definition) is 1. The lowest BCUT2D eigenvalue weighted by Gasteiger charge is -1.99. The molecular weight excluding hydrogens is 244 g/mol. The van der Waals surface area contributed by atoms with E-state index in [0.717, 1.165) is 11.3 Å². The average molecular weight is 254 g/mol. The fourth-order valence-electron chi connectivity index (χ4n) is 1.68. The molecule has 0 atom stereocenters. The molecule has 18 heavy (non-hydrogen) atoms. The fraction of sp³-hybridized carbons (Fsp3) is 0. The summed E-state index contributed by atoms with van der Waals surface area (Å²) in [6.07, 6.45) is 1.88. The largest absolute Gasteiger partial charge is 0.266 e. The number of hydrogen-bond acceptors (Lipinski definition) is 3. The van der Waals surface area contributed by atoms with Crippen molar-refractivity contribution in [3.63, 3.8) is 0 Å². The van der Waals surface area contributed by atoms with Crippen LogP contribution in [0.4, 0.5) is 0 Å². The highest BCUT2D eigenvalue weighted by atomic mass is 32.1. The van der Waals surface area contributed by atoms with Crippen molar-refractivity contribution < 1.29 is 0 Å². The van der Waals surface area contributed by atoms with Crippen LogP contribution in [0.3, 0.4) is 0 Å². The van der Waals surface area contributed by atoms with Crippen LogP contribution in [0, 0.1) is 4.64 Å². The van der Waals surface area contributed by atoms with Crippen LogP contribution < -0.4 is 0 Å². The Morgan fingerprint density at radius 1 is 1.00 bits per heavy atom. The van der Waals surface area contributed by atoms with E-state index < -0.39 is 0 Å². The second kappa shape index (κ2) is 4.54. The van der Waals surface area contributed by atoms with Crippen LogP contribution in [0.15, 0.2) is 54.7 Å². The second-order valence-corrected chi connectivity index (χ2v) is 4.23. The Morgan fingerprint density at radius 2 is 1.83 bits per heavy atom. The normalized spacial score (nSPS) is 10.4. The Bertz CT molecular complexity index is 695. The van der Waals surface area contributed by atoms with Crippen LogP contribution in [0.2, 0.25) is 0 Å². The highest BCUT2D eigenvalue weighted by molar-refractivity contribution is 7.71. The van der Waals surface area contributed by atoms with Gasteiger partial charge >= 0.3 is 0 Å². The van der Waals surface area contributed by atoms with Crippen molar-refractivity contribution in [1.82, 2.24) is 20.0 Å². The van der Waals surface area contributed by atoms with Gasteiger partial charge < -0.3 is 0 Å². The Labute approximate surface area is 109 Å². The third-order valence-electron chi connectivity index (χ3n) is 2.56. The van der Waals surface area contributed by atoms with Crippen LogP contribution in [0.5, 0.6) is 0 Å². The summed E-state index contributed by atoms with van der Waals surface area (Å²) in [5.41, 5.74) is 2.00. The van der Waals surface area contributed by atoms with E-state index >= 15 is 0 Å². The van der Waals surface area contributed by atoms with Gasteiger partial charge in [-0.25, -0.2) is 4.68 Å². The minimum atomic E-state index is 0.606. The molecule has 5 heteroatoms. The summed E-state index contributed by atoms with van der Waals surface area (Å²) in [6, 6.07) is 15.6. The summed E-state index contributed by atoms with van der Waals surface area (Å²) in [6.45, 7) is 0. The highest BCUT2D eigenvalue weighted by Crippen LogP contribution is 2.16. The SMILES string of the molecule is S=c1ccc(-n2ccc(-c3ccccc3)n2)n[nH]1. The maximum absolute atomic E-state index is 4.96. The quantitative estimate of drug-likeness (QED) is 0.715. The summed E-state index contributed by atoms with van der Waals surface area (Å²) in [4.78, 5) is 0. The standard InChI is InChI=1S/C13H10N4S/c18-13-7-6-12(14-15-13)17-9-8-11(16-17)10-4-2-1-3-5-10/h1-9H,(H,15,18). The third-order valence-corrected chi connectivity index (χ3v) is 2.79. The van der Waals surface area contributed by atoms with E-state index in [4.69, 9.17) is 12.2 Å². The van der Waals surface area contributed by atoms with Gasteiger partial charge in [-0.05, 0) is 18.2 Å². The Balaban J connectivity index is 1.99. The van der Waals surface area contributed by atoms with Crippen molar-refractivity contribution in [3.05, 3.63) is 59.4 Å². The molecule has 2 aromatic heterocycles. The van der Waals surface area contributed by atoms with Gasteiger partial charge in [0.15, 0.2) is 5.82 Å². The molecule has 88 valence electrons. The fourth-order valence-corrected chi connectivity index (χ4v) is 1.79. The van der Waals surface area contributed by atoms with E-state index in [-0.39, 0.29) is 0 Å². The summed E-state index contributed by atoms with van der Waals surface area (Å²) >= 11 is 4.96. The topological polar surface area (TPSA) is 46.5 Å². The molecule has 3 rings (SSSR count). The molecule has 4 nitrogen and oxygen atoms in total. The zero-order valence-electron chi connectivity index (χ0n) is 9.45. The first-order valence-corrected chi connectivity index (χ1v) is 5.91. The van der Waals surface area contributed by atoms with E-state index in [1.807, 2.05) is 48.7 Å². The zero-order chi connectivity index (χ0) is 12.4. The predicted molar refractivity (Wildman–Crippen MR) is 72.0 cm³/mol. The van der Waals surface area contributed by atoms with Crippen LogP contribution in [-0.4, -0.2) is 20.0 Å². The van der Waals surface area contributed by atoms with Crippen molar-refractivity contribution in [2.24, 2.45) is 0 Å². The van der Waals surface area contributed by atoms with Crippen molar-refractivity contribution >= 4 is 12.2 Å². The molecule has 0 saturated carbocycles. The first-order chi connectivity index (χ1) is 8.83. The minimum absolute atomic E-state index is 0.606. The van der Waals surface area contributed by atoms with Gasteiger partial charge in [0.05, 0.1) is 5.69 Å². The molecule has 0 unspecified atom stereocenters. The van der Waals surface area contributed by atoms with E-state index in [1.54, 1.807) is 10.7 Å². The summed E-state index contributed by atoms with van der Waals surface area (Å²) in [5.74, 6) is 0.714. The molecule has 0 fully saturated rings. The number of nitrogens with zero attached hydrogens (tertiary/aromatic N) is 3. The molecule has 0 radical (unpaired) electrons. The van der Waals surface area contributed by atoms with E-state index in [2.05, 4.69) is 15.3 Å². The average Bonchev–Trinajstić information content (AvgIpc) is 2.90. The Morgan fingerprint density at radius 3 is 2.56 bits per heavy atom. The molecule has 0 spiro atoms. The van der Waals surface area contributed by atoms with Crippen LogP contribution in [0.25, 0.3) is 17.1 Å². The Hall–Kier alpha value is -2.27. The van der Waals surface area contributed by atoms with Gasteiger partial charge in [0.1, 0.15) is 4.64 Å². The number of aromatic amines is 1. The van der Waals surface area contributed by atoms with E-state index in [9.17, 15) is 0 Å². The summed E-state index contributed by atoms with van der Waals surface area (Å²) in [5, 5.41) is 11.4. The van der Waals surface area contributed by atoms with Gasteiger partial charge in [0.2, 0.25) is 0 Å². The maximum Gasteiger partial charge on any atom is 0.173 e. The van der Waals surface area contributed by atoms with Gasteiger partial charge in [-0.3, -0.25) is 5.10 Å². The molecule has 0 amide bonds. The van der Waals surface area contributed by atoms with Crippen molar-refractivity contribution in [2.75, 3.05) is 0 Å². The minimum Gasteiger partial charge on any atom is -0.266 e. The van der Waals surface area contributed by atoms with Gasteiger partial charge in [-0.1, -0.05) is 42.5 Å². The molecule has 3 aromatic rings. The van der Waals surface area contributed by atoms with Gasteiger partial charge in [0.25, 0.3) is 0 Å². The van der Waals surface area contributed by atoms with Gasteiger partial charge in [0, 0.05) is 11.8 Å². The van der Waals surface area contributed by atoms with Gasteiger partial charge in [-0.2, -0.15) is 10.2 Å². The zero-order valence-corrected chi connectivity index (χ0v) is 10.3. The van der Waals surface area contributed by atoms with Crippen molar-refractivity contribution in [3.8, 4) is 17.1 Å². The molecule has 0 aliphatic carbocycles. The number of benzene rings is 1. The van der Waals surface area contributed by atoms with Crippen molar-refractivity contribution in [2.45, 2.75) is 0 Å². The van der Waals surface area contributed by atoms with Crippen LogP contribution >= 0.6 is 12.2 Å². The number of H-pyrrole nitrogens is 1. The maximum atomic E-state index is 4.96. The van der Waals surface area contributed by atoms with Crippen molar-refractivity contribution in [1.29, 1.82) is 0 Å². The lowest BCUT2D eigenvalue weighted by atomic mass is 10.2. The van der Waals surface area contributed by atoms with Crippen LogP contribution in [0.1, 0.15) is 0 Å². The smallest absolute Gasteiger partial charge is 0.173 e. The Kier molecular flexibility index (Phi) is 2.74. The molecule has 1 aromatic carbocycles. The first-order valence-electron chi connectivity index (χ1n) is 5.50. The van der Waals surface area contributed by atoms with Gasteiger partial charge in [-0.15, -0.1) is 0 Å². The van der Waals surface area contributed by atoms with E-state index in [0.29, 0.717) is 10.5 Å². The first kappa shape index (κ1) is 10.9. The lowest BCUT2D eigenvalue weighted by molar-refractivity contribution is 0.814. The summed E-state index contributed by atoms with van der Waals surface area (Å²) in [7, 11) is 0. The number of aromatic nitrogens is 4. The highest BCUT2D eigenvalue weighted by Gasteiger charge is 2.03. The second-order valence-electron chi connectivity index (χ2n) is 3.79. The number of rotatable bonds is 2. The molecule has 0 saturated heterocycles. The molecular formula is C13H10N4S. The molecule has 0 aliphatic rings. The monoisotopic (exact) mass is 254 g/mol. The predicted octanol–water partition coefficient (Wildman–Crippen LogP) is 2.99. The van der Waals surface area contributed by atoms with E-state index in [1.165, 1.54) is 0 Å². The lowest BCUT2D eigenvalue weighted by Crippen LogP contribution is -1.99. The van der Waals surface area contributed by atoms with Crippen LogP contribution in [-0.2, 0) is 0 Å².